The Morgan fingerprint density at radius 1 is 1.41 bits per heavy atom. The van der Waals surface area contributed by atoms with Crippen molar-refractivity contribution >= 4 is 38.9 Å². The molecule has 0 spiro atoms. The van der Waals surface area contributed by atoms with Crippen molar-refractivity contribution in [1.82, 2.24) is 0 Å². The maximum atomic E-state index is 13.0. The van der Waals surface area contributed by atoms with Gasteiger partial charge in [0.2, 0.25) is 0 Å². The Balaban J connectivity index is 2.14. The van der Waals surface area contributed by atoms with Crippen molar-refractivity contribution in [3.63, 3.8) is 0 Å². The van der Waals surface area contributed by atoms with Crippen molar-refractivity contribution in [2.45, 2.75) is 12.5 Å². The molecule has 0 saturated heterocycles. The average molecular weight is 335 g/mol. The van der Waals surface area contributed by atoms with E-state index in [1.165, 1.54) is 23.5 Å². The summed E-state index contributed by atoms with van der Waals surface area (Å²) in [6.07, 6.45) is 0.598. The van der Waals surface area contributed by atoms with E-state index in [1.54, 1.807) is 6.07 Å². The van der Waals surface area contributed by atoms with Crippen LogP contribution < -0.4 is 5.73 Å². The lowest BCUT2D eigenvalue weighted by Crippen LogP contribution is -2.11. The zero-order valence-electron chi connectivity index (χ0n) is 8.79. The van der Waals surface area contributed by atoms with Gasteiger partial charge in [0.25, 0.3) is 0 Å². The van der Waals surface area contributed by atoms with Gasteiger partial charge in [0.1, 0.15) is 5.82 Å². The smallest absolute Gasteiger partial charge is 0.123 e. The summed E-state index contributed by atoms with van der Waals surface area (Å²) in [6.45, 7) is 0. The molecule has 0 radical (unpaired) electrons. The lowest BCUT2D eigenvalue weighted by Gasteiger charge is -2.09. The third kappa shape index (κ3) is 3.28. The molecule has 1 nitrogen and oxygen atoms in total. The first kappa shape index (κ1) is 13.0. The number of thiophene rings is 1. The largest absolute Gasteiger partial charge is 0.323 e. The van der Waals surface area contributed by atoms with Crippen molar-refractivity contribution in [2.24, 2.45) is 5.73 Å². The molecule has 17 heavy (non-hydrogen) atoms. The molecule has 5 heteroatoms. The zero-order valence-corrected chi connectivity index (χ0v) is 11.9. The summed E-state index contributed by atoms with van der Waals surface area (Å²) < 4.78 is 13.9. The van der Waals surface area contributed by atoms with Crippen LogP contribution in [0.3, 0.4) is 0 Å². The average Bonchev–Trinajstić information content (AvgIpc) is 2.59. The predicted molar refractivity (Wildman–Crippen MR) is 74.1 cm³/mol. The lowest BCUT2D eigenvalue weighted by molar-refractivity contribution is 0.622. The Labute approximate surface area is 117 Å². The molecule has 2 N–H and O–H groups in total. The minimum Gasteiger partial charge on any atom is -0.323 e. The van der Waals surface area contributed by atoms with Crippen LogP contribution in [0.5, 0.6) is 0 Å². The molecule has 0 aliphatic heterocycles. The van der Waals surface area contributed by atoms with Crippen molar-refractivity contribution in [1.29, 1.82) is 0 Å². The molecule has 1 aromatic heterocycles. The van der Waals surface area contributed by atoms with E-state index in [2.05, 4.69) is 15.9 Å². The van der Waals surface area contributed by atoms with Gasteiger partial charge in [0.15, 0.2) is 0 Å². The molecular formula is C12H10BrClFNS. The molecular weight excluding hydrogens is 325 g/mol. The number of hydrogen-bond donors (Lipinski definition) is 1. The first-order valence-corrected chi connectivity index (χ1v) is 7.00. The molecule has 1 heterocycles. The standard InChI is InChI=1S/C12H10BrClFNS/c13-12-9(14)6-11(17-12)10(16)5-7-2-1-3-8(15)4-7/h1-4,6,10H,5,16H2. The fraction of sp³-hybridized carbons (Fsp3) is 0.167. The summed E-state index contributed by atoms with van der Waals surface area (Å²) in [5, 5.41) is 0.666. The molecule has 0 aliphatic carbocycles. The van der Waals surface area contributed by atoms with Gasteiger partial charge in [0, 0.05) is 10.9 Å². The molecule has 0 aliphatic rings. The molecule has 1 unspecified atom stereocenters. The normalized spacial score (nSPS) is 12.7. The van der Waals surface area contributed by atoms with E-state index in [9.17, 15) is 4.39 Å². The van der Waals surface area contributed by atoms with Crippen LogP contribution in [0.2, 0.25) is 5.02 Å². The summed E-state index contributed by atoms with van der Waals surface area (Å²) >= 11 is 10.8. The Kier molecular flexibility index (Phi) is 4.20. The van der Waals surface area contributed by atoms with Gasteiger partial charge in [-0.25, -0.2) is 4.39 Å². The summed E-state index contributed by atoms with van der Waals surface area (Å²) in [7, 11) is 0. The molecule has 2 aromatic rings. The van der Waals surface area contributed by atoms with Crippen molar-refractivity contribution in [3.8, 4) is 0 Å². The topological polar surface area (TPSA) is 26.0 Å². The molecule has 0 bridgehead atoms. The van der Waals surface area contributed by atoms with E-state index in [0.29, 0.717) is 11.4 Å². The minimum atomic E-state index is -0.236. The van der Waals surface area contributed by atoms with Crippen LogP contribution in [0, 0.1) is 5.82 Å². The maximum absolute atomic E-state index is 13.0. The highest BCUT2D eigenvalue weighted by molar-refractivity contribution is 9.11. The third-order valence-corrected chi connectivity index (χ3v) is 4.98. The highest BCUT2D eigenvalue weighted by Gasteiger charge is 2.12. The van der Waals surface area contributed by atoms with Gasteiger partial charge in [0.05, 0.1) is 8.81 Å². The highest BCUT2D eigenvalue weighted by atomic mass is 79.9. The van der Waals surface area contributed by atoms with Crippen LogP contribution in [0.25, 0.3) is 0 Å². The molecule has 1 atom stereocenters. The Morgan fingerprint density at radius 3 is 2.76 bits per heavy atom. The summed E-state index contributed by atoms with van der Waals surface area (Å²) in [5.74, 6) is -0.236. The van der Waals surface area contributed by atoms with Crippen LogP contribution in [-0.2, 0) is 6.42 Å². The first-order valence-electron chi connectivity index (χ1n) is 5.01. The number of rotatable bonds is 3. The SMILES string of the molecule is NC(Cc1cccc(F)c1)c1cc(Cl)c(Br)s1. The van der Waals surface area contributed by atoms with Crippen LogP contribution in [0.1, 0.15) is 16.5 Å². The summed E-state index contributed by atoms with van der Waals surface area (Å²) in [5.41, 5.74) is 6.95. The molecule has 0 amide bonds. The van der Waals surface area contributed by atoms with Gasteiger partial charge in [-0.2, -0.15) is 0 Å². The van der Waals surface area contributed by atoms with E-state index < -0.39 is 0 Å². The summed E-state index contributed by atoms with van der Waals surface area (Å²) in [4.78, 5) is 0.992. The fourth-order valence-corrected chi connectivity index (χ4v) is 3.31. The molecule has 0 fully saturated rings. The number of benzene rings is 1. The van der Waals surface area contributed by atoms with Gasteiger partial charge in [-0.1, -0.05) is 23.7 Å². The van der Waals surface area contributed by atoms with Gasteiger partial charge in [-0.15, -0.1) is 11.3 Å². The Hall–Kier alpha value is -0.420. The number of hydrogen-bond acceptors (Lipinski definition) is 2. The van der Waals surface area contributed by atoms with Gasteiger partial charge < -0.3 is 5.73 Å². The maximum Gasteiger partial charge on any atom is 0.123 e. The van der Waals surface area contributed by atoms with Gasteiger partial charge >= 0.3 is 0 Å². The molecule has 90 valence electrons. The van der Waals surface area contributed by atoms with Crippen molar-refractivity contribution in [2.75, 3.05) is 0 Å². The fourth-order valence-electron chi connectivity index (χ4n) is 1.56. The molecule has 0 saturated carbocycles. The summed E-state index contributed by atoms with van der Waals surface area (Å²) in [6, 6.07) is 8.17. The lowest BCUT2D eigenvalue weighted by atomic mass is 10.1. The second kappa shape index (κ2) is 5.48. The third-order valence-electron chi connectivity index (χ3n) is 2.37. The molecule has 2 rings (SSSR count). The van der Waals surface area contributed by atoms with Crippen LogP contribution in [0.15, 0.2) is 34.1 Å². The minimum absolute atomic E-state index is 0.161. The second-order valence-electron chi connectivity index (χ2n) is 3.71. The van der Waals surface area contributed by atoms with E-state index >= 15 is 0 Å². The first-order chi connectivity index (χ1) is 8.06. The van der Waals surface area contributed by atoms with E-state index in [1.807, 2.05) is 12.1 Å². The molecule has 1 aromatic carbocycles. The zero-order chi connectivity index (χ0) is 12.4. The Morgan fingerprint density at radius 2 is 2.18 bits per heavy atom. The van der Waals surface area contributed by atoms with Gasteiger partial charge in [-0.05, 0) is 46.1 Å². The van der Waals surface area contributed by atoms with Gasteiger partial charge in [-0.3, -0.25) is 0 Å². The van der Waals surface area contributed by atoms with E-state index in [4.69, 9.17) is 17.3 Å². The number of nitrogens with two attached hydrogens (primary N) is 1. The second-order valence-corrected chi connectivity index (χ2v) is 6.52. The predicted octanol–water partition coefficient (Wildman–Crippen LogP) is 4.55. The van der Waals surface area contributed by atoms with Crippen LogP contribution >= 0.6 is 38.9 Å². The highest BCUT2D eigenvalue weighted by Crippen LogP contribution is 2.35. The van der Waals surface area contributed by atoms with E-state index in [-0.39, 0.29) is 11.9 Å². The van der Waals surface area contributed by atoms with Crippen LogP contribution in [-0.4, -0.2) is 0 Å². The van der Waals surface area contributed by atoms with Crippen LogP contribution in [0.4, 0.5) is 4.39 Å². The van der Waals surface area contributed by atoms with E-state index in [0.717, 1.165) is 14.2 Å². The monoisotopic (exact) mass is 333 g/mol. The van der Waals surface area contributed by atoms with Crippen molar-refractivity contribution in [3.05, 3.63) is 55.4 Å². The Bertz CT molecular complexity index is 509. The quantitative estimate of drug-likeness (QED) is 0.876. The van der Waals surface area contributed by atoms with Crippen molar-refractivity contribution < 1.29 is 4.39 Å². The number of halogens is 3.